The first-order valence-corrected chi connectivity index (χ1v) is 6.84. The number of furan rings is 1. The monoisotopic (exact) mass is 301 g/mol. The molecule has 1 aromatic carbocycles. The van der Waals surface area contributed by atoms with Crippen molar-refractivity contribution < 1.29 is 23.5 Å². The molecular formula is C16H15NO5. The second-order valence-electron chi connectivity index (χ2n) is 4.89. The van der Waals surface area contributed by atoms with Crippen LogP contribution < -0.4 is 9.47 Å². The number of rotatable bonds is 3. The topological polar surface area (TPSA) is 70.3 Å². The van der Waals surface area contributed by atoms with Crippen molar-refractivity contribution in [2.24, 2.45) is 5.16 Å². The van der Waals surface area contributed by atoms with Crippen LogP contribution in [-0.2, 0) is 4.84 Å². The highest BCUT2D eigenvalue weighted by molar-refractivity contribution is 6.04. The fourth-order valence-corrected chi connectivity index (χ4v) is 2.23. The summed E-state index contributed by atoms with van der Waals surface area (Å²) >= 11 is 0. The van der Waals surface area contributed by atoms with E-state index < -0.39 is 5.97 Å². The molecule has 0 unspecified atom stereocenters. The zero-order valence-corrected chi connectivity index (χ0v) is 12.2. The van der Waals surface area contributed by atoms with E-state index in [1.807, 2.05) is 19.1 Å². The summed E-state index contributed by atoms with van der Waals surface area (Å²) in [5, 5.41) is 3.97. The number of carbonyl (C=O) groups is 1. The molecule has 0 spiro atoms. The zero-order valence-electron chi connectivity index (χ0n) is 12.2. The van der Waals surface area contributed by atoms with Crippen LogP contribution in [0.25, 0.3) is 0 Å². The maximum atomic E-state index is 11.8. The maximum Gasteiger partial charge on any atom is 0.400 e. The first kappa shape index (κ1) is 14.2. The number of benzene rings is 1. The van der Waals surface area contributed by atoms with Crippen molar-refractivity contribution in [1.82, 2.24) is 0 Å². The van der Waals surface area contributed by atoms with Crippen molar-refractivity contribution in [1.29, 1.82) is 0 Å². The number of carbonyl (C=O) groups excluding carboxylic acids is 1. The molecule has 1 aromatic heterocycles. The van der Waals surface area contributed by atoms with Crippen LogP contribution >= 0.6 is 0 Å². The van der Waals surface area contributed by atoms with Crippen molar-refractivity contribution in [2.45, 2.75) is 19.4 Å². The molecule has 0 fully saturated rings. The third-order valence-electron chi connectivity index (χ3n) is 3.27. The van der Waals surface area contributed by atoms with Gasteiger partial charge in [0, 0.05) is 18.1 Å². The Hall–Kier alpha value is -2.76. The number of fused-ring (bicyclic) bond motifs is 1. The standard InChI is InChI=1S/C16H15NO5/c1-10-8-13(17-22-16(18)14-4-3-7-20-14)12-6-5-11(19-2)9-15(12)21-10/h3-7,9-10H,8H2,1-2H3/b17-13+/t10-/m1/s1. The average molecular weight is 301 g/mol. The first-order valence-electron chi connectivity index (χ1n) is 6.84. The molecule has 6 heteroatoms. The van der Waals surface area contributed by atoms with Gasteiger partial charge in [0.2, 0.25) is 5.76 Å². The molecule has 3 rings (SSSR count). The molecule has 1 aliphatic heterocycles. The van der Waals surface area contributed by atoms with Gasteiger partial charge in [0.25, 0.3) is 0 Å². The maximum absolute atomic E-state index is 11.8. The Balaban J connectivity index is 1.85. The Morgan fingerprint density at radius 3 is 2.95 bits per heavy atom. The predicted octanol–water partition coefficient (Wildman–Crippen LogP) is 3.02. The minimum absolute atomic E-state index is 0.0688. The lowest BCUT2D eigenvalue weighted by atomic mass is 10.0. The molecule has 0 aliphatic carbocycles. The second-order valence-corrected chi connectivity index (χ2v) is 4.89. The van der Waals surface area contributed by atoms with Crippen LogP contribution in [0.5, 0.6) is 11.5 Å². The fraction of sp³-hybridized carbons (Fsp3) is 0.250. The summed E-state index contributed by atoms with van der Waals surface area (Å²) in [5.74, 6) is 0.830. The normalized spacial score (nSPS) is 18.5. The molecule has 0 N–H and O–H groups in total. The summed E-state index contributed by atoms with van der Waals surface area (Å²) < 4.78 is 15.9. The summed E-state index contributed by atoms with van der Waals surface area (Å²) in [6.45, 7) is 1.92. The third kappa shape index (κ3) is 2.81. The highest BCUT2D eigenvalue weighted by Crippen LogP contribution is 2.31. The van der Waals surface area contributed by atoms with Gasteiger partial charge in [0.1, 0.15) is 17.6 Å². The van der Waals surface area contributed by atoms with Crippen LogP contribution in [0, 0.1) is 0 Å². The Morgan fingerprint density at radius 2 is 2.23 bits per heavy atom. The molecule has 0 radical (unpaired) electrons. The summed E-state index contributed by atoms with van der Waals surface area (Å²) in [5.41, 5.74) is 1.43. The van der Waals surface area contributed by atoms with E-state index in [1.54, 1.807) is 19.2 Å². The van der Waals surface area contributed by atoms with E-state index in [1.165, 1.54) is 12.3 Å². The molecule has 1 aliphatic rings. The molecule has 0 bridgehead atoms. The SMILES string of the molecule is COc1ccc2c(c1)O[C@H](C)C/C2=N\OC(=O)c1ccco1. The van der Waals surface area contributed by atoms with Gasteiger partial charge >= 0.3 is 5.97 Å². The van der Waals surface area contributed by atoms with E-state index in [4.69, 9.17) is 18.7 Å². The van der Waals surface area contributed by atoms with Gasteiger partial charge in [-0.15, -0.1) is 0 Å². The highest BCUT2D eigenvalue weighted by Gasteiger charge is 2.24. The van der Waals surface area contributed by atoms with E-state index >= 15 is 0 Å². The van der Waals surface area contributed by atoms with E-state index in [-0.39, 0.29) is 11.9 Å². The molecular weight excluding hydrogens is 286 g/mol. The average Bonchev–Trinajstić information content (AvgIpc) is 3.05. The highest BCUT2D eigenvalue weighted by atomic mass is 16.7. The molecule has 1 atom stereocenters. The van der Waals surface area contributed by atoms with E-state index in [2.05, 4.69) is 5.16 Å². The quantitative estimate of drug-likeness (QED) is 0.643. The van der Waals surface area contributed by atoms with Crippen molar-refractivity contribution in [2.75, 3.05) is 7.11 Å². The smallest absolute Gasteiger partial charge is 0.400 e. The van der Waals surface area contributed by atoms with Gasteiger partial charge in [-0.1, -0.05) is 5.16 Å². The van der Waals surface area contributed by atoms with Crippen LogP contribution in [-0.4, -0.2) is 24.9 Å². The van der Waals surface area contributed by atoms with Crippen molar-refractivity contribution in [3.05, 3.63) is 47.9 Å². The number of hydrogen-bond acceptors (Lipinski definition) is 6. The first-order chi connectivity index (χ1) is 10.7. The van der Waals surface area contributed by atoms with E-state index in [0.717, 1.165) is 5.56 Å². The molecule has 6 nitrogen and oxygen atoms in total. The molecule has 0 saturated heterocycles. The second kappa shape index (κ2) is 5.93. The minimum atomic E-state index is -0.633. The number of methoxy groups -OCH3 is 1. The number of hydrogen-bond donors (Lipinski definition) is 0. The van der Waals surface area contributed by atoms with Crippen LogP contribution in [0.1, 0.15) is 29.5 Å². The van der Waals surface area contributed by atoms with Gasteiger partial charge in [0.05, 0.1) is 19.1 Å². The summed E-state index contributed by atoms with van der Waals surface area (Å²) in [7, 11) is 1.59. The van der Waals surface area contributed by atoms with Gasteiger partial charge in [-0.25, -0.2) is 4.79 Å². The molecule has 0 amide bonds. The Bertz CT molecular complexity index is 705. The van der Waals surface area contributed by atoms with Crippen molar-refractivity contribution >= 4 is 11.7 Å². The lowest BCUT2D eigenvalue weighted by molar-refractivity contribution is 0.0476. The van der Waals surface area contributed by atoms with Crippen molar-refractivity contribution in [3.63, 3.8) is 0 Å². The predicted molar refractivity (Wildman–Crippen MR) is 78.4 cm³/mol. The van der Waals surface area contributed by atoms with Crippen LogP contribution in [0.15, 0.2) is 46.2 Å². The molecule has 114 valence electrons. The fourth-order valence-electron chi connectivity index (χ4n) is 2.23. The Kier molecular flexibility index (Phi) is 3.82. The van der Waals surface area contributed by atoms with E-state index in [9.17, 15) is 4.79 Å². The Labute approximate surface area is 127 Å². The zero-order chi connectivity index (χ0) is 15.5. The summed E-state index contributed by atoms with van der Waals surface area (Å²) in [6.07, 6.45) is 1.88. The largest absolute Gasteiger partial charge is 0.497 e. The number of oxime groups is 1. The summed E-state index contributed by atoms with van der Waals surface area (Å²) in [6, 6.07) is 8.56. The van der Waals surface area contributed by atoms with Crippen LogP contribution in [0.4, 0.5) is 0 Å². The van der Waals surface area contributed by atoms with Gasteiger partial charge in [-0.3, -0.25) is 0 Å². The van der Waals surface area contributed by atoms with Crippen LogP contribution in [0.3, 0.4) is 0 Å². The number of ether oxygens (including phenoxy) is 2. The number of nitrogens with zero attached hydrogens (tertiary/aromatic N) is 1. The lowest BCUT2D eigenvalue weighted by Crippen LogP contribution is -2.25. The van der Waals surface area contributed by atoms with E-state index in [0.29, 0.717) is 23.6 Å². The lowest BCUT2D eigenvalue weighted by Gasteiger charge is -2.24. The van der Waals surface area contributed by atoms with Gasteiger partial charge in [-0.05, 0) is 31.2 Å². The van der Waals surface area contributed by atoms with Gasteiger partial charge in [0.15, 0.2) is 0 Å². The van der Waals surface area contributed by atoms with Gasteiger partial charge < -0.3 is 18.7 Å². The molecule has 2 heterocycles. The van der Waals surface area contributed by atoms with Crippen LogP contribution in [0.2, 0.25) is 0 Å². The molecule has 0 saturated carbocycles. The van der Waals surface area contributed by atoms with Crippen molar-refractivity contribution in [3.8, 4) is 11.5 Å². The summed E-state index contributed by atoms with van der Waals surface area (Å²) in [4.78, 5) is 16.7. The van der Waals surface area contributed by atoms with Gasteiger partial charge in [-0.2, -0.15) is 0 Å². The molecule has 22 heavy (non-hydrogen) atoms. The Morgan fingerprint density at radius 1 is 1.36 bits per heavy atom. The minimum Gasteiger partial charge on any atom is -0.497 e. The molecule has 2 aromatic rings. The third-order valence-corrected chi connectivity index (χ3v) is 3.27.